The molecular formula is C16H16F2N2. The maximum atomic E-state index is 13.5. The minimum Gasteiger partial charge on any atom is -0.379 e. The molecule has 20 heavy (non-hydrogen) atoms. The fraction of sp³-hybridized carbons (Fsp3) is 0.250. The van der Waals surface area contributed by atoms with E-state index < -0.39 is 11.6 Å². The third-order valence-corrected chi connectivity index (χ3v) is 3.68. The van der Waals surface area contributed by atoms with Gasteiger partial charge in [-0.1, -0.05) is 12.1 Å². The standard InChI is InChI=1S/C16H16F2N2/c1-20-7-6-12-8-11(2-5-16(12)20)10-19-15-9-13(17)3-4-14(15)18/h2-5,8-9,19H,6-7,10H2,1H3. The van der Waals surface area contributed by atoms with Gasteiger partial charge in [0.25, 0.3) is 0 Å². The van der Waals surface area contributed by atoms with E-state index in [1.165, 1.54) is 17.3 Å². The van der Waals surface area contributed by atoms with Gasteiger partial charge in [0.15, 0.2) is 0 Å². The topological polar surface area (TPSA) is 15.3 Å². The third-order valence-electron chi connectivity index (χ3n) is 3.68. The minimum atomic E-state index is -0.440. The number of hydrogen-bond acceptors (Lipinski definition) is 2. The lowest BCUT2D eigenvalue weighted by Gasteiger charge is -2.13. The normalized spacial score (nSPS) is 13.4. The first-order valence-electron chi connectivity index (χ1n) is 6.65. The molecule has 0 amide bonds. The predicted octanol–water partition coefficient (Wildman–Crippen LogP) is 3.57. The van der Waals surface area contributed by atoms with Gasteiger partial charge in [-0.25, -0.2) is 8.78 Å². The van der Waals surface area contributed by atoms with E-state index in [9.17, 15) is 8.78 Å². The van der Waals surface area contributed by atoms with Crippen LogP contribution in [0.1, 0.15) is 11.1 Å². The van der Waals surface area contributed by atoms with E-state index in [4.69, 9.17) is 0 Å². The van der Waals surface area contributed by atoms with Gasteiger partial charge in [0.05, 0.1) is 5.69 Å². The number of benzene rings is 2. The molecule has 0 aromatic heterocycles. The highest BCUT2D eigenvalue weighted by Crippen LogP contribution is 2.27. The van der Waals surface area contributed by atoms with Gasteiger partial charge < -0.3 is 10.2 Å². The highest BCUT2D eigenvalue weighted by atomic mass is 19.1. The molecule has 2 nitrogen and oxygen atoms in total. The lowest BCUT2D eigenvalue weighted by molar-refractivity contribution is 0.602. The van der Waals surface area contributed by atoms with Crippen LogP contribution in [0.25, 0.3) is 0 Å². The summed E-state index contributed by atoms with van der Waals surface area (Å²) < 4.78 is 26.6. The molecule has 104 valence electrons. The summed E-state index contributed by atoms with van der Waals surface area (Å²) in [6.07, 6.45) is 1.04. The smallest absolute Gasteiger partial charge is 0.146 e. The number of halogens is 2. The molecule has 1 N–H and O–H groups in total. The van der Waals surface area contributed by atoms with Crippen molar-refractivity contribution in [3.63, 3.8) is 0 Å². The summed E-state index contributed by atoms with van der Waals surface area (Å²) in [6.45, 7) is 1.52. The van der Waals surface area contributed by atoms with Crippen molar-refractivity contribution in [2.75, 3.05) is 23.8 Å². The number of nitrogens with one attached hydrogen (secondary N) is 1. The SMILES string of the molecule is CN1CCc2cc(CNc3cc(F)ccc3F)ccc21. The van der Waals surface area contributed by atoms with Crippen molar-refractivity contribution in [2.24, 2.45) is 0 Å². The molecule has 0 saturated carbocycles. The van der Waals surface area contributed by atoms with Crippen LogP contribution < -0.4 is 10.2 Å². The van der Waals surface area contributed by atoms with E-state index in [0.717, 1.165) is 30.7 Å². The second-order valence-corrected chi connectivity index (χ2v) is 5.11. The zero-order chi connectivity index (χ0) is 14.1. The molecule has 2 aromatic rings. The average Bonchev–Trinajstić information content (AvgIpc) is 2.81. The van der Waals surface area contributed by atoms with Gasteiger partial charge in [0, 0.05) is 25.8 Å². The number of likely N-dealkylation sites (N-methyl/N-ethyl adjacent to an activating group) is 1. The monoisotopic (exact) mass is 274 g/mol. The average molecular weight is 274 g/mol. The molecule has 1 heterocycles. The largest absolute Gasteiger partial charge is 0.379 e. The number of anilines is 2. The fourth-order valence-corrected chi connectivity index (χ4v) is 2.56. The quantitative estimate of drug-likeness (QED) is 0.920. The first-order chi connectivity index (χ1) is 9.63. The molecule has 0 spiro atoms. The van der Waals surface area contributed by atoms with E-state index >= 15 is 0 Å². The molecular weight excluding hydrogens is 258 g/mol. The summed E-state index contributed by atoms with van der Waals surface area (Å²) >= 11 is 0. The summed E-state index contributed by atoms with van der Waals surface area (Å²) in [5.41, 5.74) is 3.84. The molecule has 0 atom stereocenters. The first-order valence-corrected chi connectivity index (χ1v) is 6.65. The number of rotatable bonds is 3. The number of fused-ring (bicyclic) bond motifs is 1. The Hall–Kier alpha value is -2.10. The van der Waals surface area contributed by atoms with Gasteiger partial charge in [-0.2, -0.15) is 0 Å². The maximum absolute atomic E-state index is 13.5. The van der Waals surface area contributed by atoms with Gasteiger partial charge in [-0.05, 0) is 41.8 Å². The predicted molar refractivity (Wildman–Crippen MR) is 77.1 cm³/mol. The Morgan fingerprint density at radius 1 is 1.15 bits per heavy atom. The summed E-state index contributed by atoms with van der Waals surface area (Å²) in [7, 11) is 2.08. The lowest BCUT2D eigenvalue weighted by atomic mass is 10.1. The molecule has 3 rings (SSSR count). The zero-order valence-corrected chi connectivity index (χ0v) is 11.3. The van der Waals surface area contributed by atoms with Crippen LogP contribution in [0.15, 0.2) is 36.4 Å². The molecule has 0 radical (unpaired) electrons. The van der Waals surface area contributed by atoms with Crippen LogP contribution >= 0.6 is 0 Å². The fourth-order valence-electron chi connectivity index (χ4n) is 2.56. The molecule has 0 fully saturated rings. The van der Waals surface area contributed by atoms with Crippen LogP contribution in [0.2, 0.25) is 0 Å². The van der Waals surface area contributed by atoms with Gasteiger partial charge >= 0.3 is 0 Å². The van der Waals surface area contributed by atoms with Crippen molar-refractivity contribution in [3.05, 3.63) is 59.2 Å². The molecule has 0 saturated heterocycles. The molecule has 0 aliphatic carbocycles. The molecule has 4 heteroatoms. The maximum Gasteiger partial charge on any atom is 0.146 e. The van der Waals surface area contributed by atoms with Crippen LogP contribution in [0.3, 0.4) is 0 Å². The molecule has 0 bridgehead atoms. The van der Waals surface area contributed by atoms with Gasteiger partial charge in [-0.15, -0.1) is 0 Å². The highest BCUT2D eigenvalue weighted by Gasteiger charge is 2.15. The summed E-state index contributed by atoms with van der Waals surface area (Å²) in [4.78, 5) is 2.22. The number of nitrogens with zero attached hydrogens (tertiary/aromatic N) is 1. The Morgan fingerprint density at radius 3 is 2.85 bits per heavy atom. The summed E-state index contributed by atoms with van der Waals surface area (Å²) in [6, 6.07) is 9.66. The van der Waals surface area contributed by atoms with Gasteiger partial charge in [0.2, 0.25) is 0 Å². The second kappa shape index (κ2) is 5.12. The van der Waals surface area contributed by atoms with E-state index in [0.29, 0.717) is 6.54 Å². The van der Waals surface area contributed by atoms with Crippen LogP contribution in [0.5, 0.6) is 0 Å². The van der Waals surface area contributed by atoms with Crippen LogP contribution in [-0.4, -0.2) is 13.6 Å². The Morgan fingerprint density at radius 2 is 2.00 bits per heavy atom. The molecule has 1 aliphatic rings. The van der Waals surface area contributed by atoms with Crippen molar-refractivity contribution >= 4 is 11.4 Å². The third kappa shape index (κ3) is 2.46. The summed E-state index contributed by atoms with van der Waals surface area (Å²) in [5, 5.41) is 2.94. The van der Waals surface area contributed by atoms with Crippen LogP contribution in [0.4, 0.5) is 20.2 Å². The van der Waals surface area contributed by atoms with Gasteiger partial charge in [-0.3, -0.25) is 0 Å². The first kappa shape index (κ1) is 12.9. The van der Waals surface area contributed by atoms with E-state index in [1.54, 1.807) is 0 Å². The van der Waals surface area contributed by atoms with E-state index in [2.05, 4.69) is 29.4 Å². The van der Waals surface area contributed by atoms with E-state index in [1.807, 2.05) is 6.07 Å². The van der Waals surface area contributed by atoms with Gasteiger partial charge in [0.1, 0.15) is 11.6 Å². The lowest BCUT2D eigenvalue weighted by Crippen LogP contribution is -2.12. The van der Waals surface area contributed by atoms with Crippen molar-refractivity contribution in [3.8, 4) is 0 Å². The van der Waals surface area contributed by atoms with Crippen LogP contribution in [0, 0.1) is 11.6 Å². The van der Waals surface area contributed by atoms with Crippen LogP contribution in [-0.2, 0) is 13.0 Å². The zero-order valence-electron chi connectivity index (χ0n) is 11.3. The van der Waals surface area contributed by atoms with Crippen molar-refractivity contribution < 1.29 is 8.78 Å². The van der Waals surface area contributed by atoms with E-state index in [-0.39, 0.29) is 5.69 Å². The molecule has 2 aromatic carbocycles. The Labute approximate surface area is 117 Å². The number of hydrogen-bond donors (Lipinski definition) is 1. The Kier molecular flexibility index (Phi) is 3.30. The summed E-state index contributed by atoms with van der Waals surface area (Å²) in [5.74, 6) is -0.878. The minimum absolute atomic E-state index is 0.197. The van der Waals surface area contributed by atoms with Crippen molar-refractivity contribution in [1.29, 1.82) is 0 Å². The Bertz CT molecular complexity index is 640. The van der Waals surface area contributed by atoms with Crippen molar-refractivity contribution in [1.82, 2.24) is 0 Å². The second-order valence-electron chi connectivity index (χ2n) is 5.11. The molecule has 0 unspecified atom stereocenters. The highest BCUT2D eigenvalue weighted by molar-refractivity contribution is 5.58. The molecule has 1 aliphatic heterocycles. The Balaban J connectivity index is 1.74. The van der Waals surface area contributed by atoms with Crippen molar-refractivity contribution in [2.45, 2.75) is 13.0 Å².